The minimum Gasteiger partial charge on any atom is -0.426 e. The van der Waals surface area contributed by atoms with Crippen LogP contribution in [0.1, 0.15) is 32.8 Å². The second kappa shape index (κ2) is 10.9. The highest BCUT2D eigenvalue weighted by molar-refractivity contribution is 5.93. The lowest BCUT2D eigenvalue weighted by Crippen LogP contribution is -2.40. The van der Waals surface area contributed by atoms with Gasteiger partial charge in [-0.2, -0.15) is 0 Å². The molecule has 0 amide bonds. The van der Waals surface area contributed by atoms with Crippen LogP contribution in [0.4, 0.5) is 0 Å². The average molecular weight is 306 g/mol. The number of aryl methyl sites for hydroxylation is 1. The standard InChI is InChI=1S/C15H24N4O.C2H6/c1-11(16)14(17)20-15(18)13(19(2)3)10-9-12-7-5-4-6-8-12;1-2/h4-8,11,13,17-18H,9-10,16H2,1-3H3;1-2H3/t11-,13?;/m0./s1. The number of nitrogens with two attached hydrogens (primary N) is 1. The third kappa shape index (κ3) is 7.33. The van der Waals surface area contributed by atoms with Crippen LogP contribution in [-0.2, 0) is 11.2 Å². The van der Waals surface area contributed by atoms with Gasteiger partial charge < -0.3 is 10.5 Å². The topological polar surface area (TPSA) is 86.2 Å². The fourth-order valence-corrected chi connectivity index (χ4v) is 1.85. The van der Waals surface area contributed by atoms with Crippen molar-refractivity contribution < 1.29 is 4.74 Å². The Morgan fingerprint density at radius 3 is 2.14 bits per heavy atom. The summed E-state index contributed by atoms with van der Waals surface area (Å²) >= 11 is 0. The number of nitrogens with zero attached hydrogens (tertiary/aromatic N) is 1. The van der Waals surface area contributed by atoms with E-state index in [9.17, 15) is 0 Å². The molecule has 0 saturated carbocycles. The van der Waals surface area contributed by atoms with Gasteiger partial charge in [0.05, 0.1) is 12.1 Å². The maximum absolute atomic E-state index is 8.01. The van der Waals surface area contributed by atoms with Crippen molar-refractivity contribution in [2.45, 2.75) is 45.7 Å². The molecule has 0 heterocycles. The van der Waals surface area contributed by atoms with E-state index >= 15 is 0 Å². The number of hydrogen-bond acceptors (Lipinski definition) is 5. The highest BCUT2D eigenvalue weighted by atomic mass is 16.5. The second-order valence-corrected chi connectivity index (χ2v) is 5.12. The Morgan fingerprint density at radius 1 is 1.14 bits per heavy atom. The van der Waals surface area contributed by atoms with Gasteiger partial charge in [-0.1, -0.05) is 44.2 Å². The Hall–Kier alpha value is -1.72. The van der Waals surface area contributed by atoms with Crippen LogP contribution in [0.15, 0.2) is 30.3 Å². The molecule has 0 saturated heterocycles. The van der Waals surface area contributed by atoms with Gasteiger partial charge in [0.15, 0.2) is 0 Å². The molecule has 2 atom stereocenters. The lowest BCUT2D eigenvalue weighted by molar-refractivity contribution is 0.307. The molecule has 22 heavy (non-hydrogen) atoms. The van der Waals surface area contributed by atoms with Crippen molar-refractivity contribution in [1.29, 1.82) is 10.8 Å². The summed E-state index contributed by atoms with van der Waals surface area (Å²) in [6, 6.07) is 9.49. The molecule has 0 aromatic heterocycles. The van der Waals surface area contributed by atoms with Crippen molar-refractivity contribution in [3.8, 4) is 0 Å². The first kappa shape index (κ1) is 20.3. The van der Waals surface area contributed by atoms with Crippen molar-refractivity contribution in [2.24, 2.45) is 5.73 Å². The van der Waals surface area contributed by atoms with Crippen LogP contribution in [0, 0.1) is 10.8 Å². The molecular formula is C17H30N4O. The lowest BCUT2D eigenvalue weighted by Gasteiger charge is -2.25. The maximum atomic E-state index is 8.01. The fourth-order valence-electron chi connectivity index (χ4n) is 1.85. The molecule has 4 N–H and O–H groups in total. The van der Waals surface area contributed by atoms with Gasteiger partial charge in [-0.25, -0.2) is 0 Å². The van der Waals surface area contributed by atoms with Gasteiger partial charge in [0.1, 0.15) is 0 Å². The molecule has 0 bridgehead atoms. The summed E-state index contributed by atoms with van der Waals surface area (Å²) in [5.41, 5.74) is 6.80. The number of nitrogens with one attached hydrogen (secondary N) is 2. The molecule has 0 aliphatic rings. The highest BCUT2D eigenvalue weighted by Gasteiger charge is 2.21. The minimum absolute atomic E-state index is 0.0680. The molecule has 0 aliphatic heterocycles. The van der Waals surface area contributed by atoms with Crippen molar-refractivity contribution in [3.63, 3.8) is 0 Å². The van der Waals surface area contributed by atoms with Crippen LogP contribution in [0.3, 0.4) is 0 Å². The second-order valence-electron chi connectivity index (χ2n) is 5.12. The predicted octanol–water partition coefficient (Wildman–Crippen LogP) is 2.89. The molecule has 1 unspecified atom stereocenters. The van der Waals surface area contributed by atoms with Gasteiger partial charge >= 0.3 is 0 Å². The Morgan fingerprint density at radius 2 is 1.68 bits per heavy atom. The van der Waals surface area contributed by atoms with Gasteiger partial charge in [0, 0.05) is 0 Å². The van der Waals surface area contributed by atoms with Gasteiger partial charge in [-0.05, 0) is 39.4 Å². The van der Waals surface area contributed by atoms with Crippen LogP contribution >= 0.6 is 0 Å². The van der Waals surface area contributed by atoms with E-state index in [4.69, 9.17) is 21.3 Å². The van der Waals surface area contributed by atoms with Crippen LogP contribution in [0.2, 0.25) is 0 Å². The van der Waals surface area contributed by atoms with Crippen molar-refractivity contribution in [1.82, 2.24) is 4.90 Å². The monoisotopic (exact) mass is 306 g/mol. The normalized spacial score (nSPS) is 12.9. The van der Waals surface area contributed by atoms with Gasteiger partial charge in [0.2, 0.25) is 11.8 Å². The molecule has 1 rings (SSSR count). The molecule has 0 spiro atoms. The zero-order valence-corrected chi connectivity index (χ0v) is 14.4. The van der Waals surface area contributed by atoms with Gasteiger partial charge in [0.25, 0.3) is 0 Å². The van der Waals surface area contributed by atoms with E-state index in [1.165, 1.54) is 5.56 Å². The summed E-state index contributed by atoms with van der Waals surface area (Å²) < 4.78 is 5.22. The largest absolute Gasteiger partial charge is 0.426 e. The SMILES string of the molecule is CC.C[C@H](N)C(=N)OC(=N)C(CCc1ccccc1)N(C)C. The number of hydrogen-bond donors (Lipinski definition) is 3. The van der Waals surface area contributed by atoms with E-state index in [1.54, 1.807) is 6.92 Å². The Kier molecular flexibility index (Phi) is 10.1. The molecule has 5 nitrogen and oxygen atoms in total. The first-order chi connectivity index (χ1) is 10.4. The summed E-state index contributed by atoms with van der Waals surface area (Å²) in [7, 11) is 3.81. The smallest absolute Gasteiger partial charge is 0.206 e. The molecular weight excluding hydrogens is 276 g/mol. The van der Waals surface area contributed by atoms with Crippen molar-refractivity contribution in [2.75, 3.05) is 14.1 Å². The zero-order valence-electron chi connectivity index (χ0n) is 14.4. The molecule has 124 valence electrons. The van der Waals surface area contributed by atoms with E-state index in [1.807, 2.05) is 51.0 Å². The van der Waals surface area contributed by atoms with Gasteiger partial charge in [-0.3, -0.25) is 15.7 Å². The fraction of sp³-hybridized carbons (Fsp3) is 0.529. The van der Waals surface area contributed by atoms with E-state index in [2.05, 4.69) is 12.1 Å². The summed E-state index contributed by atoms with van der Waals surface area (Å²) in [4.78, 5) is 1.93. The van der Waals surface area contributed by atoms with Crippen LogP contribution in [0.5, 0.6) is 0 Å². The van der Waals surface area contributed by atoms with Gasteiger partial charge in [-0.15, -0.1) is 0 Å². The summed E-state index contributed by atoms with van der Waals surface area (Å²) in [5, 5.41) is 15.6. The summed E-state index contributed by atoms with van der Waals surface area (Å²) in [5.74, 6) is 0.00907. The van der Waals surface area contributed by atoms with E-state index in [-0.39, 0.29) is 17.8 Å². The maximum Gasteiger partial charge on any atom is 0.206 e. The number of benzene rings is 1. The van der Waals surface area contributed by atoms with Crippen LogP contribution in [-0.4, -0.2) is 42.9 Å². The Bertz CT molecular complexity index is 443. The predicted molar refractivity (Wildman–Crippen MR) is 93.8 cm³/mol. The van der Waals surface area contributed by atoms with E-state index in [0.717, 1.165) is 12.8 Å². The Balaban J connectivity index is 0.00000211. The van der Waals surface area contributed by atoms with E-state index in [0.29, 0.717) is 0 Å². The zero-order chi connectivity index (χ0) is 17.1. The molecule has 0 radical (unpaired) electrons. The lowest BCUT2D eigenvalue weighted by atomic mass is 10.0. The summed E-state index contributed by atoms with van der Waals surface area (Å²) in [6.07, 6.45) is 1.63. The third-order valence-corrected chi connectivity index (χ3v) is 3.11. The molecule has 0 fully saturated rings. The van der Waals surface area contributed by atoms with E-state index < -0.39 is 6.04 Å². The molecule has 5 heteroatoms. The van der Waals surface area contributed by atoms with Crippen LogP contribution < -0.4 is 5.73 Å². The van der Waals surface area contributed by atoms with Crippen LogP contribution in [0.25, 0.3) is 0 Å². The molecule has 1 aromatic carbocycles. The number of ether oxygens (including phenoxy) is 1. The number of likely N-dealkylation sites (N-methyl/N-ethyl adjacent to an activating group) is 1. The van der Waals surface area contributed by atoms with Crippen molar-refractivity contribution in [3.05, 3.63) is 35.9 Å². The summed E-state index contributed by atoms with van der Waals surface area (Å²) in [6.45, 7) is 5.67. The quantitative estimate of drug-likeness (QED) is 0.558. The van der Waals surface area contributed by atoms with Crippen molar-refractivity contribution >= 4 is 11.8 Å². The first-order valence-corrected chi connectivity index (χ1v) is 7.72. The highest BCUT2D eigenvalue weighted by Crippen LogP contribution is 2.10. The number of rotatable bonds is 6. The minimum atomic E-state index is -0.493. The Labute approximate surface area is 134 Å². The molecule has 1 aromatic rings. The molecule has 0 aliphatic carbocycles. The first-order valence-electron chi connectivity index (χ1n) is 7.72. The third-order valence-electron chi connectivity index (χ3n) is 3.11. The average Bonchev–Trinajstić information content (AvgIpc) is 2.50.